The first kappa shape index (κ1) is 21.8. The molecule has 2 aliphatic heterocycles. The lowest BCUT2D eigenvalue weighted by molar-refractivity contribution is -0.116. The van der Waals surface area contributed by atoms with Gasteiger partial charge in [-0.05, 0) is 60.9 Å². The Balaban J connectivity index is 1.66. The molecule has 0 spiro atoms. The third kappa shape index (κ3) is 3.59. The van der Waals surface area contributed by atoms with E-state index in [9.17, 15) is 10.1 Å². The van der Waals surface area contributed by atoms with Crippen molar-refractivity contribution in [3.05, 3.63) is 93.4 Å². The fraction of sp³-hybridized carbons (Fsp3) is 0.185. The van der Waals surface area contributed by atoms with Crippen molar-refractivity contribution in [3.63, 3.8) is 0 Å². The molecule has 6 nitrogen and oxygen atoms in total. The molecule has 1 atom stereocenters. The van der Waals surface area contributed by atoms with Crippen LogP contribution in [0.1, 0.15) is 30.7 Å². The molecule has 8 heteroatoms. The van der Waals surface area contributed by atoms with Crippen LogP contribution in [-0.2, 0) is 4.79 Å². The first-order valence-electron chi connectivity index (χ1n) is 11.2. The SMILES string of the molecule is N#CC1=C(n2cccc2)N(c2cc(Cl)cc(Cl)c2)C2=C(C(=O)CCC2)[C@H]1c1ccc2c(c1)OCO2. The molecule has 0 saturated carbocycles. The summed E-state index contributed by atoms with van der Waals surface area (Å²) in [5.41, 5.74) is 3.43. The van der Waals surface area contributed by atoms with Crippen molar-refractivity contribution in [2.24, 2.45) is 0 Å². The van der Waals surface area contributed by atoms with Crippen LogP contribution in [0.5, 0.6) is 11.5 Å². The minimum Gasteiger partial charge on any atom is -0.454 e. The maximum atomic E-state index is 13.5. The smallest absolute Gasteiger partial charge is 0.231 e. The number of ether oxygens (including phenoxy) is 2. The zero-order chi connectivity index (χ0) is 24.1. The second kappa shape index (κ2) is 8.53. The summed E-state index contributed by atoms with van der Waals surface area (Å²) in [6, 6.07) is 17.1. The number of hydrogen-bond donors (Lipinski definition) is 0. The summed E-state index contributed by atoms with van der Waals surface area (Å²) in [4.78, 5) is 15.4. The summed E-state index contributed by atoms with van der Waals surface area (Å²) in [5, 5.41) is 11.5. The molecule has 1 aliphatic carbocycles. The van der Waals surface area contributed by atoms with E-state index in [0.29, 0.717) is 57.0 Å². The number of hydrogen-bond acceptors (Lipinski definition) is 5. The number of nitrogens with zero attached hydrogens (tertiary/aromatic N) is 3. The third-order valence-electron chi connectivity index (χ3n) is 6.53. The van der Waals surface area contributed by atoms with Gasteiger partial charge in [-0.25, -0.2) is 0 Å². The summed E-state index contributed by atoms with van der Waals surface area (Å²) in [6.07, 6.45) is 5.60. The van der Waals surface area contributed by atoms with E-state index in [-0.39, 0.29) is 12.6 Å². The zero-order valence-electron chi connectivity index (χ0n) is 18.5. The molecule has 0 radical (unpaired) electrons. The number of rotatable bonds is 3. The largest absolute Gasteiger partial charge is 0.454 e. The van der Waals surface area contributed by atoms with Crippen LogP contribution in [0.15, 0.2) is 77.8 Å². The van der Waals surface area contributed by atoms with E-state index in [4.69, 9.17) is 32.7 Å². The molecule has 35 heavy (non-hydrogen) atoms. The lowest BCUT2D eigenvalue weighted by atomic mass is 9.75. The van der Waals surface area contributed by atoms with Crippen molar-refractivity contribution in [1.29, 1.82) is 5.26 Å². The van der Waals surface area contributed by atoms with Crippen molar-refractivity contribution < 1.29 is 14.3 Å². The second-order valence-electron chi connectivity index (χ2n) is 8.59. The number of aromatic nitrogens is 1. The predicted molar refractivity (Wildman–Crippen MR) is 133 cm³/mol. The number of carbonyl (C=O) groups excluding carboxylic acids is 1. The number of halogens is 2. The molecule has 1 aromatic heterocycles. The van der Waals surface area contributed by atoms with E-state index < -0.39 is 5.92 Å². The van der Waals surface area contributed by atoms with Crippen LogP contribution in [0.25, 0.3) is 5.82 Å². The van der Waals surface area contributed by atoms with Gasteiger partial charge >= 0.3 is 0 Å². The van der Waals surface area contributed by atoms with E-state index in [2.05, 4.69) is 6.07 Å². The van der Waals surface area contributed by atoms with Gasteiger partial charge in [-0.1, -0.05) is 29.3 Å². The Labute approximate surface area is 212 Å². The molecule has 0 fully saturated rings. The first-order chi connectivity index (χ1) is 17.0. The lowest BCUT2D eigenvalue weighted by Crippen LogP contribution is -2.36. The monoisotopic (exact) mass is 503 g/mol. The standard InChI is InChI=1S/C27H19Cl2N3O3/c28-17-11-18(29)13-19(12-17)32-21-4-3-5-22(33)26(21)25(16-6-7-23-24(10-16)35-15-34-23)20(14-30)27(32)31-8-1-2-9-31/h1-2,6-13,25H,3-5,15H2/t25-/m0/s1. The van der Waals surface area contributed by atoms with Crippen molar-refractivity contribution >= 4 is 40.5 Å². The van der Waals surface area contributed by atoms with Crippen molar-refractivity contribution in [2.75, 3.05) is 11.7 Å². The van der Waals surface area contributed by atoms with Gasteiger partial charge in [0.1, 0.15) is 5.82 Å². The van der Waals surface area contributed by atoms with Gasteiger partial charge in [0.25, 0.3) is 0 Å². The molecule has 0 bridgehead atoms. The zero-order valence-corrected chi connectivity index (χ0v) is 20.0. The Bertz CT molecular complexity index is 1450. The van der Waals surface area contributed by atoms with Crippen LogP contribution in [-0.4, -0.2) is 17.1 Å². The van der Waals surface area contributed by atoms with Gasteiger partial charge in [-0.15, -0.1) is 0 Å². The molecule has 3 aromatic rings. The van der Waals surface area contributed by atoms with Crippen LogP contribution in [0, 0.1) is 11.3 Å². The van der Waals surface area contributed by atoms with Crippen molar-refractivity contribution in [3.8, 4) is 17.6 Å². The van der Waals surface area contributed by atoms with E-state index >= 15 is 0 Å². The second-order valence-corrected chi connectivity index (χ2v) is 9.46. The van der Waals surface area contributed by atoms with E-state index in [0.717, 1.165) is 17.7 Å². The number of benzene rings is 2. The minimum absolute atomic E-state index is 0.0337. The number of carbonyl (C=O) groups is 1. The summed E-state index contributed by atoms with van der Waals surface area (Å²) in [5.74, 6) is 1.40. The predicted octanol–water partition coefficient (Wildman–Crippen LogP) is 6.53. The molecule has 3 aliphatic rings. The van der Waals surface area contributed by atoms with Gasteiger partial charge in [0, 0.05) is 40.1 Å². The summed E-state index contributed by atoms with van der Waals surface area (Å²) in [6.45, 7) is 0.148. The average molecular weight is 504 g/mol. The number of Topliss-reactive ketones (excluding diaryl/α,β-unsaturated/α-hetero) is 1. The number of anilines is 1. The average Bonchev–Trinajstić information content (AvgIpc) is 3.54. The maximum absolute atomic E-state index is 13.5. The van der Waals surface area contributed by atoms with Crippen LogP contribution in [0.3, 0.4) is 0 Å². The number of fused-ring (bicyclic) bond motifs is 1. The quantitative estimate of drug-likeness (QED) is 0.406. The Morgan fingerprint density at radius 1 is 0.971 bits per heavy atom. The highest BCUT2D eigenvalue weighted by molar-refractivity contribution is 6.35. The van der Waals surface area contributed by atoms with Crippen molar-refractivity contribution in [1.82, 2.24) is 4.57 Å². The molecule has 174 valence electrons. The molecular formula is C27H19Cl2N3O3. The Morgan fingerprint density at radius 2 is 1.71 bits per heavy atom. The van der Waals surface area contributed by atoms with Gasteiger partial charge in [-0.3, -0.25) is 9.69 Å². The molecule has 3 heterocycles. The topological polar surface area (TPSA) is 67.5 Å². The molecule has 0 amide bonds. The Kier molecular flexibility index (Phi) is 5.32. The van der Waals surface area contributed by atoms with Gasteiger partial charge in [0.05, 0.1) is 23.2 Å². The number of ketones is 1. The van der Waals surface area contributed by atoms with Gasteiger partial charge < -0.3 is 14.0 Å². The van der Waals surface area contributed by atoms with Crippen LogP contribution >= 0.6 is 23.2 Å². The molecule has 0 saturated heterocycles. The van der Waals surface area contributed by atoms with Gasteiger partial charge in [0.15, 0.2) is 17.3 Å². The molecule has 6 rings (SSSR count). The third-order valence-corrected chi connectivity index (χ3v) is 6.97. The fourth-order valence-electron chi connectivity index (χ4n) is 5.15. The highest BCUT2D eigenvalue weighted by Gasteiger charge is 2.42. The molecule has 0 unspecified atom stereocenters. The van der Waals surface area contributed by atoms with Gasteiger partial charge in [0.2, 0.25) is 6.79 Å². The van der Waals surface area contributed by atoms with Gasteiger partial charge in [-0.2, -0.15) is 5.26 Å². The van der Waals surface area contributed by atoms with Crippen LogP contribution in [0.2, 0.25) is 10.0 Å². The van der Waals surface area contributed by atoms with Crippen molar-refractivity contribution in [2.45, 2.75) is 25.2 Å². The van der Waals surface area contributed by atoms with E-state index in [1.165, 1.54) is 0 Å². The molecule has 0 N–H and O–H groups in total. The van der Waals surface area contributed by atoms with E-state index in [1.807, 2.05) is 52.2 Å². The summed E-state index contributed by atoms with van der Waals surface area (Å²) >= 11 is 12.8. The number of allylic oxidation sites excluding steroid dienone is 3. The van der Waals surface area contributed by atoms with E-state index in [1.54, 1.807) is 18.2 Å². The fourth-order valence-corrected chi connectivity index (χ4v) is 5.66. The highest BCUT2D eigenvalue weighted by Crippen LogP contribution is 2.50. The minimum atomic E-state index is -0.541. The Hall–Kier alpha value is -3.66. The van der Waals surface area contributed by atoms with Crippen LogP contribution in [0.4, 0.5) is 5.69 Å². The molecule has 2 aromatic carbocycles. The maximum Gasteiger partial charge on any atom is 0.231 e. The normalized spacial score (nSPS) is 19.2. The van der Waals surface area contributed by atoms with Crippen LogP contribution < -0.4 is 14.4 Å². The highest BCUT2D eigenvalue weighted by atomic mass is 35.5. The first-order valence-corrected chi connectivity index (χ1v) is 12.0. The lowest BCUT2D eigenvalue weighted by Gasteiger charge is -2.41. The number of nitriles is 1. The Morgan fingerprint density at radius 3 is 2.46 bits per heavy atom. The summed E-state index contributed by atoms with van der Waals surface area (Å²) < 4.78 is 13.0. The molecular weight excluding hydrogens is 485 g/mol. The summed E-state index contributed by atoms with van der Waals surface area (Å²) in [7, 11) is 0.